The summed E-state index contributed by atoms with van der Waals surface area (Å²) in [5, 5.41) is 3.26. The number of carbonyl (C=O) groups excluding carboxylic acids is 3. The summed E-state index contributed by atoms with van der Waals surface area (Å²) in [6, 6.07) is 9.78. The fourth-order valence-electron chi connectivity index (χ4n) is 2.86. The first kappa shape index (κ1) is 20.2. The van der Waals surface area contributed by atoms with Gasteiger partial charge in [0.15, 0.2) is 0 Å². The molecular formula is C19H16F3N3O4. The van der Waals surface area contributed by atoms with E-state index < -0.39 is 29.7 Å². The number of amides is 4. The topological polar surface area (TPSA) is 87.7 Å². The number of hydrogen-bond acceptors (Lipinski definition) is 4. The average Bonchev–Trinajstić information content (AvgIpc) is 2.92. The van der Waals surface area contributed by atoms with Gasteiger partial charge in [0, 0.05) is 5.56 Å². The minimum atomic E-state index is -5.29. The van der Waals surface area contributed by atoms with Crippen molar-refractivity contribution >= 4 is 23.5 Å². The van der Waals surface area contributed by atoms with Crippen molar-refractivity contribution in [2.24, 2.45) is 0 Å². The molecule has 0 spiro atoms. The van der Waals surface area contributed by atoms with E-state index in [1.807, 2.05) is 0 Å². The van der Waals surface area contributed by atoms with Crippen molar-refractivity contribution in [2.75, 3.05) is 12.0 Å². The molecule has 29 heavy (non-hydrogen) atoms. The molecule has 7 nitrogen and oxygen atoms in total. The van der Waals surface area contributed by atoms with E-state index in [4.69, 9.17) is 4.74 Å². The number of imide groups is 1. The number of ether oxygens (including phenoxy) is 1. The van der Waals surface area contributed by atoms with Gasteiger partial charge < -0.3 is 10.1 Å². The van der Waals surface area contributed by atoms with Crippen LogP contribution in [0.25, 0.3) is 0 Å². The molecule has 1 aliphatic heterocycles. The fraction of sp³-hybridized carbons (Fsp3) is 0.211. The molecule has 4 amide bonds. The monoisotopic (exact) mass is 407 g/mol. The smallest absolute Gasteiger partial charge is 0.440 e. The lowest BCUT2D eigenvalue weighted by atomic mass is 10.1. The minimum Gasteiger partial charge on any atom is -0.497 e. The molecule has 1 fully saturated rings. The van der Waals surface area contributed by atoms with Crippen LogP contribution in [0.15, 0.2) is 48.5 Å². The fourth-order valence-corrected chi connectivity index (χ4v) is 2.86. The van der Waals surface area contributed by atoms with E-state index in [1.54, 1.807) is 23.6 Å². The third-order valence-electron chi connectivity index (χ3n) is 4.36. The maximum Gasteiger partial charge on any atom is 0.440 e. The third-order valence-corrected chi connectivity index (χ3v) is 4.36. The Morgan fingerprint density at radius 2 is 1.79 bits per heavy atom. The summed E-state index contributed by atoms with van der Waals surface area (Å²) in [6.45, 7) is 1.66. The summed E-state index contributed by atoms with van der Waals surface area (Å²) in [5.74, 6) is -2.45. The van der Waals surface area contributed by atoms with Crippen molar-refractivity contribution in [3.05, 3.63) is 59.7 Å². The molecule has 0 saturated carbocycles. The Morgan fingerprint density at radius 1 is 1.14 bits per heavy atom. The van der Waals surface area contributed by atoms with Crippen LogP contribution in [0.2, 0.25) is 0 Å². The van der Waals surface area contributed by atoms with Gasteiger partial charge >= 0.3 is 12.2 Å². The summed E-state index contributed by atoms with van der Waals surface area (Å²) >= 11 is 0. The Hall–Kier alpha value is -3.56. The van der Waals surface area contributed by atoms with Gasteiger partial charge in [-0.25, -0.2) is 9.69 Å². The lowest BCUT2D eigenvalue weighted by molar-refractivity contribution is -0.197. The van der Waals surface area contributed by atoms with Gasteiger partial charge in [0.25, 0.3) is 17.5 Å². The van der Waals surface area contributed by atoms with Crippen molar-refractivity contribution in [3.63, 3.8) is 0 Å². The predicted octanol–water partition coefficient (Wildman–Crippen LogP) is 2.75. The lowest BCUT2D eigenvalue weighted by Crippen LogP contribution is -2.69. The van der Waals surface area contributed by atoms with Gasteiger partial charge in [0.1, 0.15) is 5.75 Å². The minimum absolute atomic E-state index is 0.0441. The lowest BCUT2D eigenvalue weighted by Gasteiger charge is -2.29. The van der Waals surface area contributed by atoms with Crippen LogP contribution in [0.3, 0.4) is 0 Å². The summed E-state index contributed by atoms with van der Waals surface area (Å²) < 4.78 is 46.6. The van der Waals surface area contributed by atoms with Gasteiger partial charge in [0.2, 0.25) is 0 Å². The number of aryl methyl sites for hydroxylation is 1. The van der Waals surface area contributed by atoms with Crippen LogP contribution >= 0.6 is 0 Å². The molecule has 2 N–H and O–H groups in total. The molecule has 0 aromatic heterocycles. The first-order valence-corrected chi connectivity index (χ1v) is 8.36. The second-order valence-electron chi connectivity index (χ2n) is 6.34. The number of methoxy groups -OCH3 is 1. The van der Waals surface area contributed by atoms with E-state index in [0.717, 1.165) is 0 Å². The summed E-state index contributed by atoms with van der Waals surface area (Å²) in [6.07, 6.45) is -5.29. The Labute approximate surface area is 163 Å². The van der Waals surface area contributed by atoms with Crippen LogP contribution < -0.4 is 20.3 Å². The second kappa shape index (κ2) is 7.12. The van der Waals surface area contributed by atoms with Crippen LogP contribution in [0.5, 0.6) is 5.75 Å². The highest BCUT2D eigenvalue weighted by Gasteiger charge is 2.69. The highest BCUT2D eigenvalue weighted by Crippen LogP contribution is 2.36. The van der Waals surface area contributed by atoms with E-state index in [1.165, 1.54) is 49.6 Å². The number of alkyl halides is 3. The largest absolute Gasteiger partial charge is 0.497 e. The SMILES string of the molecule is COc1ccc(C(=O)N[C@]2(C(F)(F)F)NC(=O)N(c3cccc(C)c3)C2=O)cc1. The van der Waals surface area contributed by atoms with Gasteiger partial charge in [0.05, 0.1) is 12.8 Å². The number of urea groups is 1. The first-order valence-electron chi connectivity index (χ1n) is 8.36. The third kappa shape index (κ3) is 3.48. The molecule has 0 unspecified atom stereocenters. The summed E-state index contributed by atoms with van der Waals surface area (Å²) in [4.78, 5) is 37.8. The molecule has 0 aliphatic carbocycles. The molecule has 0 bridgehead atoms. The summed E-state index contributed by atoms with van der Waals surface area (Å²) in [7, 11) is 1.39. The van der Waals surface area contributed by atoms with E-state index in [-0.39, 0.29) is 11.3 Å². The van der Waals surface area contributed by atoms with Crippen LogP contribution in [-0.2, 0) is 4.79 Å². The van der Waals surface area contributed by atoms with Gasteiger partial charge in [-0.2, -0.15) is 13.2 Å². The number of nitrogens with one attached hydrogen (secondary N) is 2. The average molecular weight is 407 g/mol. The maximum atomic E-state index is 13.9. The molecule has 2 aromatic carbocycles. The van der Waals surface area contributed by atoms with Gasteiger partial charge in [-0.15, -0.1) is 0 Å². The molecule has 152 valence electrons. The highest BCUT2D eigenvalue weighted by molar-refractivity contribution is 6.24. The Morgan fingerprint density at radius 3 is 2.34 bits per heavy atom. The number of benzene rings is 2. The van der Waals surface area contributed by atoms with Crippen LogP contribution in [0.4, 0.5) is 23.7 Å². The first-order chi connectivity index (χ1) is 13.6. The van der Waals surface area contributed by atoms with Crippen molar-refractivity contribution in [1.82, 2.24) is 10.6 Å². The van der Waals surface area contributed by atoms with E-state index in [0.29, 0.717) is 16.2 Å². The summed E-state index contributed by atoms with van der Waals surface area (Å²) in [5.41, 5.74) is -3.15. The normalized spacial score (nSPS) is 19.1. The molecule has 2 aromatic rings. The zero-order valence-corrected chi connectivity index (χ0v) is 15.3. The van der Waals surface area contributed by atoms with Crippen molar-refractivity contribution < 1.29 is 32.3 Å². The van der Waals surface area contributed by atoms with Crippen molar-refractivity contribution in [2.45, 2.75) is 18.8 Å². The highest BCUT2D eigenvalue weighted by atomic mass is 19.4. The van der Waals surface area contributed by atoms with Crippen LogP contribution in [0, 0.1) is 6.92 Å². The van der Waals surface area contributed by atoms with Crippen molar-refractivity contribution in [3.8, 4) is 5.75 Å². The number of nitrogens with zero attached hydrogens (tertiary/aromatic N) is 1. The molecule has 1 saturated heterocycles. The van der Waals surface area contributed by atoms with Crippen LogP contribution in [-0.4, -0.2) is 36.8 Å². The molecule has 1 aliphatic rings. The van der Waals surface area contributed by atoms with Crippen molar-refractivity contribution in [1.29, 1.82) is 0 Å². The molecule has 1 heterocycles. The van der Waals surface area contributed by atoms with Gasteiger partial charge in [-0.1, -0.05) is 12.1 Å². The molecule has 10 heteroatoms. The van der Waals surface area contributed by atoms with E-state index in [2.05, 4.69) is 0 Å². The number of carbonyl (C=O) groups is 3. The van der Waals surface area contributed by atoms with Crippen LogP contribution in [0.1, 0.15) is 15.9 Å². The molecule has 3 rings (SSSR count). The standard InChI is InChI=1S/C19H16F3N3O4/c1-11-4-3-5-13(10-11)25-16(27)18(19(20,21)22,24-17(25)28)23-15(26)12-6-8-14(29-2)9-7-12/h3-10H,1-2H3,(H,23,26)(H,24,28)/t18-/m0/s1. The zero-order chi connectivity index (χ0) is 21.4. The Kier molecular flexibility index (Phi) is 4.95. The number of halogens is 3. The molecule has 0 radical (unpaired) electrons. The predicted molar refractivity (Wildman–Crippen MR) is 96.4 cm³/mol. The Bertz CT molecular complexity index is 975. The van der Waals surface area contributed by atoms with E-state index >= 15 is 0 Å². The van der Waals surface area contributed by atoms with E-state index in [9.17, 15) is 27.6 Å². The molecular weight excluding hydrogens is 391 g/mol. The Balaban J connectivity index is 1.98. The number of hydrogen-bond donors (Lipinski definition) is 2. The molecule has 1 atom stereocenters. The zero-order valence-electron chi connectivity index (χ0n) is 15.3. The maximum absolute atomic E-state index is 13.9. The quantitative estimate of drug-likeness (QED) is 0.763. The van der Waals surface area contributed by atoms with Gasteiger partial charge in [-0.05, 0) is 48.9 Å². The number of rotatable bonds is 4. The second-order valence-corrected chi connectivity index (χ2v) is 6.34. The number of anilines is 1. The van der Waals surface area contributed by atoms with Gasteiger partial charge in [-0.3, -0.25) is 14.9 Å².